The van der Waals surface area contributed by atoms with Crippen LogP contribution in [0.5, 0.6) is 5.75 Å². The number of ether oxygens (including phenoxy) is 1. The molecule has 0 aliphatic carbocycles. The summed E-state index contributed by atoms with van der Waals surface area (Å²) in [6.45, 7) is 3.26. The second kappa shape index (κ2) is 10.0. The van der Waals surface area contributed by atoms with E-state index in [1.54, 1.807) is 0 Å². The number of benzene rings is 1. The molecule has 0 bridgehead atoms. The fraction of sp³-hybridized carbons (Fsp3) is 0.364. The fourth-order valence-electron chi connectivity index (χ4n) is 3.89. The molecule has 1 fully saturated rings. The average molecular weight is 530 g/mol. The van der Waals surface area contributed by atoms with E-state index in [4.69, 9.17) is 11.6 Å². The number of likely N-dealkylation sites (tertiary alicyclic amines) is 1. The molecular formula is C22H20ClF4N5O2S. The molecule has 186 valence electrons. The Morgan fingerprint density at radius 2 is 2.09 bits per heavy atom. The molecule has 13 heteroatoms. The number of hydrogen-bond acceptors (Lipinski definition) is 7. The molecule has 3 aromatic rings. The van der Waals surface area contributed by atoms with Crippen LogP contribution in [0.1, 0.15) is 40.7 Å². The number of rotatable bonds is 6. The van der Waals surface area contributed by atoms with Crippen molar-refractivity contribution in [3.8, 4) is 17.0 Å². The van der Waals surface area contributed by atoms with Gasteiger partial charge in [-0.05, 0) is 38.4 Å². The van der Waals surface area contributed by atoms with Crippen molar-refractivity contribution in [1.29, 1.82) is 0 Å². The number of alkyl halides is 3. The van der Waals surface area contributed by atoms with Crippen molar-refractivity contribution in [2.24, 2.45) is 0 Å². The Balaban J connectivity index is 1.75. The molecule has 1 atom stereocenters. The molecular weight excluding hydrogens is 510 g/mol. The summed E-state index contributed by atoms with van der Waals surface area (Å²) in [5.41, 5.74) is -1.18. The minimum absolute atomic E-state index is 0.0179. The number of nitrogens with zero attached hydrogens (tertiary/aromatic N) is 4. The van der Waals surface area contributed by atoms with Crippen LogP contribution in [0.25, 0.3) is 11.3 Å². The molecule has 1 aliphatic rings. The first-order valence-corrected chi connectivity index (χ1v) is 11.7. The van der Waals surface area contributed by atoms with Crippen molar-refractivity contribution in [2.45, 2.75) is 38.5 Å². The van der Waals surface area contributed by atoms with Gasteiger partial charge in [-0.3, -0.25) is 15.0 Å². The lowest BCUT2D eigenvalue weighted by Gasteiger charge is -2.20. The molecule has 1 saturated heterocycles. The second-order valence-electron chi connectivity index (χ2n) is 7.97. The zero-order chi connectivity index (χ0) is 25.3. The number of nitrogens with one attached hydrogen (secondary N) is 1. The molecule has 3 heterocycles. The summed E-state index contributed by atoms with van der Waals surface area (Å²) >= 11 is 6.81. The average Bonchev–Trinajstić information content (AvgIpc) is 3.39. The lowest BCUT2D eigenvalue weighted by Crippen LogP contribution is -2.25. The first kappa shape index (κ1) is 25.3. The molecule has 7 nitrogen and oxygen atoms in total. The SMILES string of the molecule is COc1c(F)cc(-c2nc(NC(=O)c3cnc(Cl)cn3)sc2CN2CCCC2C)cc1C(F)(F)F. The van der Waals surface area contributed by atoms with Gasteiger partial charge in [-0.15, -0.1) is 0 Å². The number of carbonyl (C=O) groups is 1. The third-order valence-electron chi connectivity index (χ3n) is 5.63. The number of amides is 1. The minimum atomic E-state index is -4.84. The Bertz CT molecular complexity index is 1240. The van der Waals surface area contributed by atoms with E-state index in [1.165, 1.54) is 12.4 Å². The molecule has 35 heavy (non-hydrogen) atoms. The van der Waals surface area contributed by atoms with Crippen LogP contribution < -0.4 is 10.1 Å². The largest absolute Gasteiger partial charge is 0.493 e. The number of carbonyl (C=O) groups excluding carboxylic acids is 1. The molecule has 4 rings (SSSR count). The van der Waals surface area contributed by atoms with Crippen molar-refractivity contribution >= 4 is 34.0 Å². The Morgan fingerprint density at radius 1 is 1.31 bits per heavy atom. The second-order valence-corrected chi connectivity index (χ2v) is 9.44. The number of hydrogen-bond donors (Lipinski definition) is 1. The van der Waals surface area contributed by atoms with Crippen molar-refractivity contribution in [3.63, 3.8) is 0 Å². The van der Waals surface area contributed by atoms with Gasteiger partial charge >= 0.3 is 6.18 Å². The van der Waals surface area contributed by atoms with Gasteiger partial charge in [0.25, 0.3) is 5.91 Å². The zero-order valence-corrected chi connectivity index (χ0v) is 20.2. The van der Waals surface area contributed by atoms with Crippen LogP contribution in [0, 0.1) is 5.82 Å². The molecule has 1 unspecified atom stereocenters. The Kier molecular flexibility index (Phi) is 7.25. The van der Waals surface area contributed by atoms with E-state index in [9.17, 15) is 22.4 Å². The van der Waals surface area contributed by atoms with Crippen molar-refractivity contribution in [1.82, 2.24) is 19.9 Å². The van der Waals surface area contributed by atoms with Gasteiger partial charge in [-0.1, -0.05) is 22.9 Å². The first-order chi connectivity index (χ1) is 16.6. The lowest BCUT2D eigenvalue weighted by molar-refractivity contribution is -0.139. The predicted molar refractivity (Wildman–Crippen MR) is 123 cm³/mol. The van der Waals surface area contributed by atoms with Crippen LogP contribution in [0.3, 0.4) is 0 Å². The number of aromatic nitrogens is 3. The van der Waals surface area contributed by atoms with Gasteiger partial charge in [0.05, 0.1) is 25.2 Å². The standard InChI is InChI=1S/C22H20ClF4N5O2S/c1-11-4-3-5-32(11)10-16-18(12-6-13(22(25,26)27)19(34-2)14(24)7-12)30-21(35-16)31-20(33)15-8-29-17(23)9-28-15/h6-9,11H,3-5,10H2,1-2H3,(H,30,31,33). The molecule has 1 amide bonds. The van der Waals surface area contributed by atoms with Crippen molar-refractivity contribution in [2.75, 3.05) is 19.0 Å². The van der Waals surface area contributed by atoms with Crippen LogP contribution in [-0.2, 0) is 12.7 Å². The van der Waals surface area contributed by atoms with Crippen LogP contribution >= 0.6 is 22.9 Å². The van der Waals surface area contributed by atoms with E-state index < -0.39 is 29.2 Å². The summed E-state index contributed by atoms with van der Waals surface area (Å²) in [5, 5.41) is 2.84. The third kappa shape index (κ3) is 5.54. The van der Waals surface area contributed by atoms with E-state index in [-0.39, 0.29) is 33.3 Å². The molecule has 0 spiro atoms. The van der Waals surface area contributed by atoms with E-state index >= 15 is 0 Å². The topological polar surface area (TPSA) is 80.2 Å². The summed E-state index contributed by atoms with van der Waals surface area (Å²) in [4.78, 5) is 27.4. The third-order valence-corrected chi connectivity index (χ3v) is 6.79. The van der Waals surface area contributed by atoms with Crippen LogP contribution in [0.2, 0.25) is 5.15 Å². The monoisotopic (exact) mass is 529 g/mol. The first-order valence-electron chi connectivity index (χ1n) is 10.5. The number of methoxy groups -OCH3 is 1. The van der Waals surface area contributed by atoms with Gasteiger partial charge < -0.3 is 4.74 Å². The number of halogens is 5. The van der Waals surface area contributed by atoms with Gasteiger partial charge in [0.15, 0.2) is 16.7 Å². The fourth-order valence-corrected chi connectivity index (χ4v) is 4.99. The van der Waals surface area contributed by atoms with Crippen molar-refractivity contribution in [3.05, 3.63) is 51.6 Å². The van der Waals surface area contributed by atoms with E-state index in [0.717, 1.165) is 50.0 Å². The Labute approximate surface area is 207 Å². The summed E-state index contributed by atoms with van der Waals surface area (Å²) in [6, 6.07) is 2.03. The highest BCUT2D eigenvalue weighted by Crippen LogP contribution is 2.42. The maximum absolute atomic E-state index is 14.6. The van der Waals surface area contributed by atoms with E-state index in [1.807, 2.05) is 0 Å². The number of anilines is 1. The summed E-state index contributed by atoms with van der Waals surface area (Å²) in [7, 11) is 0.976. The van der Waals surface area contributed by atoms with Gasteiger partial charge in [0.2, 0.25) is 0 Å². The van der Waals surface area contributed by atoms with Crippen molar-refractivity contribution < 1.29 is 27.1 Å². The highest BCUT2D eigenvalue weighted by atomic mass is 35.5. The molecule has 1 N–H and O–H groups in total. The molecule has 1 aliphatic heterocycles. The molecule has 1 aromatic carbocycles. The summed E-state index contributed by atoms with van der Waals surface area (Å²) < 4.78 is 60.2. The van der Waals surface area contributed by atoms with E-state index in [2.05, 4.69) is 36.8 Å². The quantitative estimate of drug-likeness (QED) is 0.415. The van der Waals surface area contributed by atoms with Gasteiger partial charge in [-0.25, -0.2) is 19.3 Å². The maximum atomic E-state index is 14.6. The molecule has 2 aromatic heterocycles. The van der Waals surface area contributed by atoms with Crippen LogP contribution in [0.4, 0.5) is 22.7 Å². The van der Waals surface area contributed by atoms with Crippen LogP contribution in [-0.4, -0.2) is 45.5 Å². The smallest absolute Gasteiger partial charge is 0.420 e. The molecule has 0 radical (unpaired) electrons. The highest BCUT2D eigenvalue weighted by molar-refractivity contribution is 7.16. The number of thiazole rings is 1. The lowest BCUT2D eigenvalue weighted by atomic mass is 10.0. The minimum Gasteiger partial charge on any atom is -0.493 e. The Morgan fingerprint density at radius 3 is 2.69 bits per heavy atom. The summed E-state index contributed by atoms with van der Waals surface area (Å²) in [6.07, 6.45) is -0.464. The van der Waals surface area contributed by atoms with Gasteiger partial charge in [-0.2, -0.15) is 13.2 Å². The Hall–Kier alpha value is -2.83. The van der Waals surface area contributed by atoms with Gasteiger partial charge in [0.1, 0.15) is 16.4 Å². The predicted octanol–water partition coefficient (Wildman–Crippen LogP) is 5.66. The summed E-state index contributed by atoms with van der Waals surface area (Å²) in [5.74, 6) is -2.67. The normalized spacial score (nSPS) is 16.5. The molecule has 0 saturated carbocycles. The zero-order valence-electron chi connectivity index (χ0n) is 18.6. The highest BCUT2D eigenvalue weighted by Gasteiger charge is 2.37. The van der Waals surface area contributed by atoms with Gasteiger partial charge in [0, 0.05) is 23.0 Å². The van der Waals surface area contributed by atoms with Crippen LogP contribution in [0.15, 0.2) is 24.5 Å². The van der Waals surface area contributed by atoms with E-state index in [0.29, 0.717) is 11.4 Å². The maximum Gasteiger partial charge on any atom is 0.420 e.